The van der Waals surface area contributed by atoms with Crippen molar-refractivity contribution >= 4 is 17.5 Å². The fourth-order valence-corrected chi connectivity index (χ4v) is 1.57. The van der Waals surface area contributed by atoms with E-state index in [0.717, 1.165) is 0 Å². The summed E-state index contributed by atoms with van der Waals surface area (Å²) in [5.41, 5.74) is 6.50. The maximum atomic E-state index is 12.0. The molecule has 0 spiro atoms. The van der Waals surface area contributed by atoms with Crippen LogP contribution in [0.3, 0.4) is 0 Å². The van der Waals surface area contributed by atoms with Crippen LogP contribution in [0.1, 0.15) is 24.2 Å². The number of amides is 2. The second-order valence-electron chi connectivity index (χ2n) is 4.03. The van der Waals surface area contributed by atoms with Crippen LogP contribution >= 0.6 is 0 Å². The van der Waals surface area contributed by atoms with E-state index in [1.165, 1.54) is 13.1 Å². The summed E-state index contributed by atoms with van der Waals surface area (Å²) in [6.07, 6.45) is 0. The first-order valence-electron chi connectivity index (χ1n) is 6.03. The molecule has 1 atom stereocenters. The number of nitrogens with one attached hydrogen (secondary N) is 2. The number of nitrogens with two attached hydrogens (primary N) is 1. The fourth-order valence-electron chi connectivity index (χ4n) is 1.57. The lowest BCUT2D eigenvalue weighted by atomic mass is 10.1. The summed E-state index contributed by atoms with van der Waals surface area (Å²) in [4.78, 5) is 23.3. The number of carbonyl (C=O) groups excluding carboxylic acids is 2. The molecule has 1 unspecified atom stereocenters. The molecular weight excluding hydrogens is 246 g/mol. The molecule has 4 N–H and O–H groups in total. The number of benzene rings is 1. The number of carbonyl (C=O) groups is 2. The van der Waals surface area contributed by atoms with Crippen molar-refractivity contribution in [3.63, 3.8) is 0 Å². The lowest BCUT2D eigenvalue weighted by Gasteiger charge is -2.13. The Balaban J connectivity index is 2.84. The summed E-state index contributed by atoms with van der Waals surface area (Å²) in [6.45, 7) is 3.93. The second kappa shape index (κ2) is 6.63. The van der Waals surface area contributed by atoms with Gasteiger partial charge in [-0.25, -0.2) is 0 Å². The van der Waals surface area contributed by atoms with Gasteiger partial charge in [0.05, 0.1) is 6.61 Å². The van der Waals surface area contributed by atoms with E-state index in [1.807, 2.05) is 6.92 Å². The second-order valence-corrected chi connectivity index (χ2v) is 4.03. The van der Waals surface area contributed by atoms with Crippen molar-refractivity contribution < 1.29 is 14.3 Å². The highest BCUT2D eigenvalue weighted by Gasteiger charge is 2.16. The van der Waals surface area contributed by atoms with Crippen molar-refractivity contribution in [1.29, 1.82) is 0 Å². The summed E-state index contributed by atoms with van der Waals surface area (Å²) in [7, 11) is 1.51. The monoisotopic (exact) mass is 265 g/mol. The zero-order chi connectivity index (χ0) is 14.4. The van der Waals surface area contributed by atoms with Gasteiger partial charge in [-0.3, -0.25) is 9.59 Å². The van der Waals surface area contributed by atoms with Crippen molar-refractivity contribution in [1.82, 2.24) is 10.6 Å². The van der Waals surface area contributed by atoms with Gasteiger partial charge in [-0.1, -0.05) is 0 Å². The van der Waals surface area contributed by atoms with Gasteiger partial charge in [-0.15, -0.1) is 0 Å². The van der Waals surface area contributed by atoms with Crippen LogP contribution in [-0.2, 0) is 4.79 Å². The molecule has 1 rings (SSSR count). The van der Waals surface area contributed by atoms with Crippen LogP contribution in [0.4, 0.5) is 5.69 Å². The van der Waals surface area contributed by atoms with E-state index in [-0.39, 0.29) is 11.8 Å². The van der Waals surface area contributed by atoms with Gasteiger partial charge in [0.25, 0.3) is 5.91 Å². The zero-order valence-electron chi connectivity index (χ0n) is 11.3. The number of likely N-dealkylation sites (N-methyl/N-ethyl adjacent to an activating group) is 1. The van der Waals surface area contributed by atoms with Gasteiger partial charge in [-0.05, 0) is 26.0 Å². The molecule has 0 aromatic heterocycles. The van der Waals surface area contributed by atoms with Gasteiger partial charge in [0.15, 0.2) is 0 Å². The molecule has 1 aromatic carbocycles. The Morgan fingerprint density at radius 2 is 2.05 bits per heavy atom. The number of nitrogen functional groups attached to an aromatic ring is 1. The average molecular weight is 265 g/mol. The molecule has 0 aliphatic carbocycles. The summed E-state index contributed by atoms with van der Waals surface area (Å²) >= 11 is 0. The molecule has 0 heterocycles. The third kappa shape index (κ3) is 4.17. The van der Waals surface area contributed by atoms with Crippen LogP contribution in [0, 0.1) is 0 Å². The van der Waals surface area contributed by atoms with Gasteiger partial charge in [0, 0.05) is 24.4 Å². The Bertz CT molecular complexity index is 474. The molecule has 0 saturated carbocycles. The first kappa shape index (κ1) is 14.8. The Labute approximate surface area is 112 Å². The number of anilines is 1. The molecule has 0 bridgehead atoms. The maximum Gasteiger partial charge on any atom is 0.252 e. The quantitative estimate of drug-likeness (QED) is 0.677. The highest BCUT2D eigenvalue weighted by Crippen LogP contribution is 2.19. The lowest BCUT2D eigenvalue weighted by molar-refractivity contribution is -0.122. The molecule has 0 aliphatic rings. The molecule has 19 heavy (non-hydrogen) atoms. The predicted molar refractivity (Wildman–Crippen MR) is 73.0 cm³/mol. The van der Waals surface area contributed by atoms with Crippen LogP contribution in [0.5, 0.6) is 5.75 Å². The summed E-state index contributed by atoms with van der Waals surface area (Å²) in [5.74, 6) is -0.105. The number of rotatable bonds is 5. The van der Waals surface area contributed by atoms with Crippen molar-refractivity contribution in [2.24, 2.45) is 0 Å². The third-order valence-electron chi connectivity index (χ3n) is 2.49. The predicted octanol–water partition coefficient (Wildman–Crippen LogP) is 0.532. The SMILES string of the molecule is CCOc1cc(N)cc(C(=O)NC(C)C(=O)NC)c1. The molecule has 1 aromatic rings. The third-order valence-corrected chi connectivity index (χ3v) is 2.49. The molecule has 0 saturated heterocycles. The van der Waals surface area contributed by atoms with E-state index >= 15 is 0 Å². The van der Waals surface area contributed by atoms with Gasteiger partial charge in [0.2, 0.25) is 5.91 Å². The molecule has 6 nitrogen and oxygen atoms in total. The van der Waals surface area contributed by atoms with Crippen LogP contribution in [0.2, 0.25) is 0 Å². The topological polar surface area (TPSA) is 93.4 Å². The summed E-state index contributed by atoms with van der Waals surface area (Å²) < 4.78 is 5.31. The van der Waals surface area contributed by atoms with Crippen molar-refractivity contribution in [3.8, 4) is 5.75 Å². The van der Waals surface area contributed by atoms with Crippen molar-refractivity contribution in [2.45, 2.75) is 19.9 Å². The van der Waals surface area contributed by atoms with E-state index in [9.17, 15) is 9.59 Å². The Morgan fingerprint density at radius 1 is 1.37 bits per heavy atom. The number of hydrogen-bond acceptors (Lipinski definition) is 4. The van der Waals surface area contributed by atoms with Crippen LogP contribution in [0.25, 0.3) is 0 Å². The highest BCUT2D eigenvalue weighted by atomic mass is 16.5. The van der Waals surface area contributed by atoms with Gasteiger partial charge in [-0.2, -0.15) is 0 Å². The van der Waals surface area contributed by atoms with E-state index in [1.54, 1.807) is 19.1 Å². The van der Waals surface area contributed by atoms with E-state index in [2.05, 4.69) is 10.6 Å². The van der Waals surface area contributed by atoms with Crippen molar-refractivity contribution in [2.75, 3.05) is 19.4 Å². The Kier molecular flexibility index (Phi) is 5.17. The standard InChI is InChI=1S/C13H19N3O3/c1-4-19-11-6-9(5-10(14)7-11)13(18)16-8(2)12(17)15-3/h5-8H,4,14H2,1-3H3,(H,15,17)(H,16,18). The molecule has 0 radical (unpaired) electrons. The molecule has 0 aliphatic heterocycles. The smallest absolute Gasteiger partial charge is 0.252 e. The Morgan fingerprint density at radius 3 is 2.63 bits per heavy atom. The molecule has 6 heteroatoms. The normalized spacial score (nSPS) is 11.5. The number of hydrogen-bond donors (Lipinski definition) is 3. The minimum Gasteiger partial charge on any atom is -0.494 e. The largest absolute Gasteiger partial charge is 0.494 e. The van der Waals surface area contributed by atoms with Gasteiger partial charge < -0.3 is 21.1 Å². The first-order valence-corrected chi connectivity index (χ1v) is 6.03. The molecule has 104 valence electrons. The summed E-state index contributed by atoms with van der Waals surface area (Å²) in [5, 5.41) is 5.04. The van der Waals surface area contributed by atoms with Gasteiger partial charge in [0.1, 0.15) is 11.8 Å². The van der Waals surface area contributed by atoms with Crippen LogP contribution in [0.15, 0.2) is 18.2 Å². The first-order chi connectivity index (χ1) is 8.97. The van der Waals surface area contributed by atoms with Crippen molar-refractivity contribution in [3.05, 3.63) is 23.8 Å². The molecule has 2 amide bonds. The minimum absolute atomic E-state index is 0.262. The zero-order valence-corrected chi connectivity index (χ0v) is 11.3. The molecular formula is C13H19N3O3. The minimum atomic E-state index is -0.616. The summed E-state index contributed by atoms with van der Waals surface area (Å²) in [6, 6.07) is 4.15. The van der Waals surface area contributed by atoms with Crippen LogP contribution in [-0.4, -0.2) is 31.5 Å². The van der Waals surface area contributed by atoms with Gasteiger partial charge >= 0.3 is 0 Å². The molecule has 0 fully saturated rings. The lowest BCUT2D eigenvalue weighted by Crippen LogP contribution is -2.43. The number of ether oxygens (including phenoxy) is 1. The van der Waals surface area contributed by atoms with Crippen LogP contribution < -0.4 is 21.1 Å². The van der Waals surface area contributed by atoms with E-state index in [4.69, 9.17) is 10.5 Å². The maximum absolute atomic E-state index is 12.0. The highest BCUT2D eigenvalue weighted by molar-refractivity contribution is 5.98. The fraction of sp³-hybridized carbons (Fsp3) is 0.385. The van der Waals surface area contributed by atoms with E-state index < -0.39 is 6.04 Å². The Hall–Kier alpha value is -2.24. The average Bonchev–Trinajstić information content (AvgIpc) is 2.37. The van der Waals surface area contributed by atoms with E-state index in [0.29, 0.717) is 23.6 Å².